The van der Waals surface area contributed by atoms with Gasteiger partial charge in [-0.2, -0.15) is 0 Å². The minimum absolute atomic E-state index is 0.0721. The number of carbonyl (C=O) groups excluding carboxylic acids is 1. The van der Waals surface area contributed by atoms with Crippen molar-refractivity contribution in [3.63, 3.8) is 0 Å². The van der Waals surface area contributed by atoms with Gasteiger partial charge < -0.3 is 14.6 Å². The van der Waals surface area contributed by atoms with Crippen LogP contribution in [0.5, 0.6) is 0 Å². The van der Waals surface area contributed by atoms with E-state index in [2.05, 4.69) is 20.4 Å². The average Bonchev–Trinajstić information content (AvgIpc) is 3.41. The van der Waals surface area contributed by atoms with E-state index in [9.17, 15) is 9.18 Å². The Morgan fingerprint density at radius 3 is 2.61 bits per heavy atom. The van der Waals surface area contributed by atoms with E-state index in [-0.39, 0.29) is 23.3 Å². The summed E-state index contributed by atoms with van der Waals surface area (Å²) in [5, 5.41) is 9.32. The number of ether oxygens (including phenoxy) is 1. The zero-order valence-corrected chi connectivity index (χ0v) is 18.9. The Morgan fingerprint density at radius 2 is 1.97 bits per heavy atom. The second kappa shape index (κ2) is 8.84. The van der Waals surface area contributed by atoms with E-state index in [0.29, 0.717) is 46.8 Å². The number of aromatic nitrogens is 3. The molecule has 7 nitrogen and oxygen atoms in total. The number of rotatable bonds is 6. The minimum Gasteiger partial charge on any atom is -0.380 e. The lowest BCUT2D eigenvalue weighted by atomic mass is 10.00. The van der Waals surface area contributed by atoms with Crippen molar-refractivity contribution in [2.24, 2.45) is 0 Å². The molecule has 0 atom stereocenters. The van der Waals surface area contributed by atoms with Crippen LogP contribution in [0.3, 0.4) is 0 Å². The van der Waals surface area contributed by atoms with Crippen LogP contribution in [0.2, 0.25) is 0 Å². The third-order valence-corrected chi connectivity index (χ3v) is 6.32. The second-order valence-corrected chi connectivity index (χ2v) is 8.99. The maximum absolute atomic E-state index is 13.4. The standard InChI is InChI=1S/C24H21FN4O3S/c1-13(2)21-20(22(32-29-21)14-3-6-17(25)7-4-14)24-27-18(12-33-24)23(30)28-19-8-5-15(9-26-19)16-10-31-11-16/h3-9,12-13,16H,10-11H2,1-2H3,(H,26,28,30). The molecular formula is C24H21FN4O3S. The van der Waals surface area contributed by atoms with E-state index in [1.54, 1.807) is 29.8 Å². The molecule has 0 aliphatic carbocycles. The van der Waals surface area contributed by atoms with Crippen LogP contribution in [0.1, 0.15) is 47.4 Å². The summed E-state index contributed by atoms with van der Waals surface area (Å²) in [6.45, 7) is 5.41. The van der Waals surface area contributed by atoms with Crippen LogP contribution in [-0.2, 0) is 4.74 Å². The smallest absolute Gasteiger partial charge is 0.276 e. The Morgan fingerprint density at radius 1 is 1.18 bits per heavy atom. The molecule has 0 bridgehead atoms. The quantitative estimate of drug-likeness (QED) is 0.406. The van der Waals surface area contributed by atoms with Gasteiger partial charge in [-0.15, -0.1) is 11.3 Å². The average molecular weight is 465 g/mol. The summed E-state index contributed by atoms with van der Waals surface area (Å²) >= 11 is 1.33. The van der Waals surface area contributed by atoms with Gasteiger partial charge in [-0.25, -0.2) is 14.4 Å². The molecule has 168 valence electrons. The van der Waals surface area contributed by atoms with Gasteiger partial charge in [0.05, 0.1) is 24.5 Å². The van der Waals surface area contributed by atoms with Crippen molar-refractivity contribution >= 4 is 23.1 Å². The van der Waals surface area contributed by atoms with Crippen molar-refractivity contribution in [1.29, 1.82) is 0 Å². The van der Waals surface area contributed by atoms with Gasteiger partial charge in [0.15, 0.2) is 5.76 Å². The van der Waals surface area contributed by atoms with Crippen molar-refractivity contribution in [3.8, 4) is 21.9 Å². The summed E-state index contributed by atoms with van der Waals surface area (Å²) < 4.78 is 24.2. The van der Waals surface area contributed by atoms with Crippen molar-refractivity contribution in [2.45, 2.75) is 25.7 Å². The van der Waals surface area contributed by atoms with E-state index >= 15 is 0 Å². The fourth-order valence-electron chi connectivity index (χ4n) is 3.52. The van der Waals surface area contributed by atoms with Gasteiger partial charge in [0.25, 0.3) is 5.91 Å². The summed E-state index contributed by atoms with van der Waals surface area (Å²) in [7, 11) is 0. The van der Waals surface area contributed by atoms with Crippen LogP contribution in [0.4, 0.5) is 10.2 Å². The lowest BCUT2D eigenvalue weighted by molar-refractivity contribution is 0.00830. The van der Waals surface area contributed by atoms with Gasteiger partial charge in [-0.05, 0) is 41.8 Å². The predicted octanol–water partition coefficient (Wildman–Crippen LogP) is 5.49. The Labute approximate surface area is 193 Å². The zero-order valence-electron chi connectivity index (χ0n) is 18.0. The Hall–Kier alpha value is -3.43. The van der Waals surface area contributed by atoms with E-state index in [1.165, 1.54) is 23.5 Å². The lowest BCUT2D eigenvalue weighted by Crippen LogP contribution is -2.25. The first kappa shape index (κ1) is 21.4. The highest BCUT2D eigenvalue weighted by Gasteiger charge is 2.25. The number of halogens is 1. The molecule has 4 heterocycles. The van der Waals surface area contributed by atoms with Crippen molar-refractivity contribution in [3.05, 3.63) is 70.7 Å². The van der Waals surface area contributed by atoms with Gasteiger partial charge in [-0.1, -0.05) is 25.1 Å². The number of hydrogen-bond donors (Lipinski definition) is 1. The fraction of sp³-hybridized carbons (Fsp3) is 0.250. The molecule has 9 heteroatoms. The van der Waals surface area contributed by atoms with Crippen LogP contribution in [0.25, 0.3) is 21.9 Å². The van der Waals surface area contributed by atoms with E-state index in [1.807, 2.05) is 19.9 Å². The molecule has 0 radical (unpaired) electrons. The maximum Gasteiger partial charge on any atom is 0.276 e. The van der Waals surface area contributed by atoms with Crippen LogP contribution in [0.15, 0.2) is 52.5 Å². The van der Waals surface area contributed by atoms with E-state index in [0.717, 1.165) is 11.3 Å². The molecule has 1 saturated heterocycles. The van der Waals surface area contributed by atoms with Crippen molar-refractivity contribution < 1.29 is 18.4 Å². The molecule has 0 saturated carbocycles. The molecule has 3 aromatic heterocycles. The van der Waals surface area contributed by atoms with Gasteiger partial charge in [0.1, 0.15) is 22.3 Å². The van der Waals surface area contributed by atoms with Crippen LogP contribution < -0.4 is 5.32 Å². The Kier molecular flexibility index (Phi) is 5.74. The third-order valence-electron chi connectivity index (χ3n) is 5.46. The molecule has 1 N–H and O–H groups in total. The minimum atomic E-state index is -0.351. The van der Waals surface area contributed by atoms with Crippen LogP contribution in [0, 0.1) is 5.82 Å². The molecule has 0 unspecified atom stereocenters. The molecule has 1 amide bonds. The summed E-state index contributed by atoms with van der Waals surface area (Å²) in [4.78, 5) is 21.7. The number of anilines is 1. The number of thiazole rings is 1. The molecule has 1 aromatic carbocycles. The first-order valence-electron chi connectivity index (χ1n) is 10.6. The largest absolute Gasteiger partial charge is 0.380 e. The molecular weight excluding hydrogens is 443 g/mol. The molecule has 1 aliphatic heterocycles. The monoisotopic (exact) mass is 464 g/mol. The zero-order chi connectivity index (χ0) is 22.9. The number of nitrogens with zero attached hydrogens (tertiary/aromatic N) is 3. The highest BCUT2D eigenvalue weighted by molar-refractivity contribution is 7.13. The number of nitrogens with one attached hydrogen (secondary N) is 1. The summed E-state index contributed by atoms with van der Waals surface area (Å²) in [6, 6.07) is 9.73. The van der Waals surface area contributed by atoms with Gasteiger partial charge in [0, 0.05) is 23.1 Å². The van der Waals surface area contributed by atoms with Crippen LogP contribution in [-0.4, -0.2) is 34.2 Å². The van der Waals surface area contributed by atoms with Crippen LogP contribution >= 0.6 is 11.3 Å². The highest BCUT2D eigenvalue weighted by Crippen LogP contribution is 2.39. The van der Waals surface area contributed by atoms with Crippen molar-refractivity contribution in [2.75, 3.05) is 18.5 Å². The van der Waals surface area contributed by atoms with Crippen molar-refractivity contribution in [1.82, 2.24) is 15.1 Å². The number of pyridine rings is 1. The van der Waals surface area contributed by atoms with Gasteiger partial charge >= 0.3 is 0 Å². The number of amides is 1. The first-order chi connectivity index (χ1) is 16.0. The third kappa shape index (κ3) is 4.29. The molecule has 1 fully saturated rings. The second-order valence-electron chi connectivity index (χ2n) is 8.14. The molecule has 1 aliphatic rings. The summed E-state index contributed by atoms with van der Waals surface area (Å²) in [6.07, 6.45) is 1.76. The number of hydrogen-bond acceptors (Lipinski definition) is 7. The normalized spacial score (nSPS) is 13.8. The highest BCUT2D eigenvalue weighted by atomic mass is 32.1. The Bertz CT molecular complexity index is 1280. The van der Waals surface area contributed by atoms with Gasteiger partial charge in [0.2, 0.25) is 0 Å². The van der Waals surface area contributed by atoms with E-state index in [4.69, 9.17) is 9.26 Å². The Balaban J connectivity index is 1.40. The fourth-order valence-corrected chi connectivity index (χ4v) is 4.37. The van der Waals surface area contributed by atoms with Gasteiger partial charge in [-0.3, -0.25) is 4.79 Å². The predicted molar refractivity (Wildman–Crippen MR) is 123 cm³/mol. The SMILES string of the molecule is CC(C)c1noc(-c2ccc(F)cc2)c1-c1nc(C(=O)Nc2ccc(C3COC3)cn2)cs1. The topological polar surface area (TPSA) is 90.1 Å². The lowest BCUT2D eigenvalue weighted by Gasteiger charge is -2.25. The molecule has 4 aromatic rings. The number of benzene rings is 1. The first-order valence-corrected chi connectivity index (χ1v) is 11.4. The molecule has 0 spiro atoms. The molecule has 33 heavy (non-hydrogen) atoms. The summed E-state index contributed by atoms with van der Waals surface area (Å²) in [5.74, 6) is 0.714. The molecule has 5 rings (SSSR count). The van der Waals surface area contributed by atoms with E-state index < -0.39 is 0 Å². The number of carbonyl (C=O) groups is 1. The summed E-state index contributed by atoms with van der Waals surface area (Å²) in [5.41, 5.74) is 3.50. The maximum atomic E-state index is 13.4.